The number of hydrogen-bond donors (Lipinski definition) is 2. The average Bonchev–Trinajstić information content (AvgIpc) is 2.67. The monoisotopic (exact) mass is 253 g/mol. The molecule has 2 N–H and O–H groups in total. The minimum Gasteiger partial charge on any atom is -0.396 e. The minimum absolute atomic E-state index is 0.251. The zero-order valence-electron chi connectivity index (χ0n) is 11.4. The molecule has 0 aromatic rings. The van der Waals surface area contributed by atoms with Crippen LogP contribution < -0.4 is 5.32 Å². The molecular formula is C15H27NO2. The van der Waals surface area contributed by atoms with Crippen molar-refractivity contribution in [3.05, 3.63) is 0 Å². The number of amides is 1. The van der Waals surface area contributed by atoms with E-state index in [1.807, 2.05) is 0 Å². The van der Waals surface area contributed by atoms with Gasteiger partial charge < -0.3 is 10.4 Å². The highest BCUT2D eigenvalue weighted by atomic mass is 16.3. The van der Waals surface area contributed by atoms with Crippen molar-refractivity contribution in [3.63, 3.8) is 0 Å². The Morgan fingerprint density at radius 1 is 0.944 bits per heavy atom. The van der Waals surface area contributed by atoms with Gasteiger partial charge in [-0.1, -0.05) is 32.1 Å². The van der Waals surface area contributed by atoms with Crippen molar-refractivity contribution in [1.29, 1.82) is 0 Å². The van der Waals surface area contributed by atoms with Crippen molar-refractivity contribution in [1.82, 2.24) is 5.32 Å². The van der Waals surface area contributed by atoms with E-state index in [-0.39, 0.29) is 18.4 Å². The average molecular weight is 253 g/mol. The molecule has 0 spiro atoms. The molecule has 18 heavy (non-hydrogen) atoms. The van der Waals surface area contributed by atoms with Gasteiger partial charge in [-0.15, -0.1) is 0 Å². The predicted molar refractivity (Wildman–Crippen MR) is 72.1 cm³/mol. The number of carbonyl (C=O) groups excluding carboxylic acids is 1. The van der Waals surface area contributed by atoms with Crippen LogP contribution in [0.1, 0.15) is 57.8 Å². The lowest BCUT2D eigenvalue weighted by molar-refractivity contribution is -0.125. The maximum absolute atomic E-state index is 12.1. The van der Waals surface area contributed by atoms with E-state index in [1.54, 1.807) is 0 Å². The van der Waals surface area contributed by atoms with Gasteiger partial charge in [0.25, 0.3) is 0 Å². The Kier molecular flexibility index (Phi) is 5.48. The molecule has 2 atom stereocenters. The molecule has 2 unspecified atom stereocenters. The Hall–Kier alpha value is -0.570. The summed E-state index contributed by atoms with van der Waals surface area (Å²) in [5.74, 6) is 1.44. The summed E-state index contributed by atoms with van der Waals surface area (Å²) < 4.78 is 0. The molecule has 104 valence electrons. The summed E-state index contributed by atoms with van der Waals surface area (Å²) in [6.07, 6.45) is 10.6. The van der Waals surface area contributed by atoms with Gasteiger partial charge in [-0.3, -0.25) is 4.79 Å². The first-order valence-electron chi connectivity index (χ1n) is 7.70. The Balaban J connectivity index is 1.73. The van der Waals surface area contributed by atoms with E-state index in [0.29, 0.717) is 11.8 Å². The van der Waals surface area contributed by atoms with Gasteiger partial charge in [-0.25, -0.2) is 0 Å². The lowest BCUT2D eigenvalue weighted by atomic mass is 9.95. The molecule has 3 nitrogen and oxygen atoms in total. The highest BCUT2D eigenvalue weighted by molar-refractivity contribution is 5.78. The standard InChI is InChI=1S/C15H27NO2/c17-11-14-9-5-8-13(14)10-16-15(18)12-6-3-1-2-4-7-12/h12-14,17H,1-11H2,(H,16,18). The second-order valence-electron chi connectivity index (χ2n) is 6.07. The fraction of sp³-hybridized carbons (Fsp3) is 0.933. The maximum Gasteiger partial charge on any atom is 0.223 e. The highest BCUT2D eigenvalue weighted by Crippen LogP contribution is 2.31. The fourth-order valence-electron chi connectivity index (χ4n) is 3.54. The van der Waals surface area contributed by atoms with Crippen LogP contribution in [0.4, 0.5) is 0 Å². The lowest BCUT2D eigenvalue weighted by Gasteiger charge is -2.20. The second-order valence-corrected chi connectivity index (χ2v) is 6.07. The summed E-state index contributed by atoms with van der Waals surface area (Å²) >= 11 is 0. The lowest BCUT2D eigenvalue weighted by Crippen LogP contribution is -2.35. The van der Waals surface area contributed by atoms with E-state index >= 15 is 0 Å². The van der Waals surface area contributed by atoms with Crippen LogP contribution in [0.15, 0.2) is 0 Å². The van der Waals surface area contributed by atoms with Crippen LogP contribution in [0, 0.1) is 17.8 Å². The molecule has 0 aliphatic heterocycles. The Labute approximate surface area is 110 Å². The molecule has 2 fully saturated rings. The molecule has 2 aliphatic rings. The Morgan fingerprint density at radius 3 is 2.28 bits per heavy atom. The molecular weight excluding hydrogens is 226 g/mol. The van der Waals surface area contributed by atoms with Gasteiger partial charge in [0.2, 0.25) is 5.91 Å². The van der Waals surface area contributed by atoms with E-state index < -0.39 is 0 Å². The van der Waals surface area contributed by atoms with Gasteiger partial charge >= 0.3 is 0 Å². The minimum atomic E-state index is 0.251. The first kappa shape index (κ1) is 13.9. The van der Waals surface area contributed by atoms with E-state index in [9.17, 15) is 9.90 Å². The number of rotatable bonds is 4. The Morgan fingerprint density at radius 2 is 1.61 bits per heavy atom. The maximum atomic E-state index is 12.1. The number of carbonyl (C=O) groups is 1. The number of aliphatic hydroxyl groups excluding tert-OH is 1. The van der Waals surface area contributed by atoms with Gasteiger partial charge in [0.15, 0.2) is 0 Å². The summed E-state index contributed by atoms with van der Waals surface area (Å²) in [7, 11) is 0. The topological polar surface area (TPSA) is 49.3 Å². The normalized spacial score (nSPS) is 30.1. The second kappa shape index (κ2) is 7.13. The highest BCUT2D eigenvalue weighted by Gasteiger charge is 2.28. The van der Waals surface area contributed by atoms with Gasteiger partial charge in [0.1, 0.15) is 0 Å². The smallest absolute Gasteiger partial charge is 0.223 e. The molecule has 3 heteroatoms. The number of aliphatic hydroxyl groups is 1. The summed E-state index contributed by atoms with van der Waals surface area (Å²) in [6, 6.07) is 0. The van der Waals surface area contributed by atoms with Gasteiger partial charge in [0, 0.05) is 19.1 Å². The van der Waals surface area contributed by atoms with Crippen molar-refractivity contribution in [2.45, 2.75) is 57.8 Å². The summed E-state index contributed by atoms with van der Waals surface area (Å²) in [6.45, 7) is 1.06. The quantitative estimate of drug-likeness (QED) is 0.756. The molecule has 0 aromatic heterocycles. The molecule has 0 heterocycles. The van der Waals surface area contributed by atoms with Crippen LogP contribution in [0.3, 0.4) is 0 Å². The molecule has 2 rings (SSSR count). The van der Waals surface area contributed by atoms with Crippen LogP contribution >= 0.6 is 0 Å². The number of nitrogens with one attached hydrogen (secondary N) is 1. The van der Waals surface area contributed by atoms with Gasteiger partial charge in [-0.2, -0.15) is 0 Å². The van der Waals surface area contributed by atoms with Crippen molar-refractivity contribution < 1.29 is 9.90 Å². The molecule has 1 amide bonds. The molecule has 0 aromatic carbocycles. The van der Waals surface area contributed by atoms with E-state index in [2.05, 4.69) is 5.32 Å². The van der Waals surface area contributed by atoms with Crippen LogP contribution in [-0.4, -0.2) is 24.2 Å². The summed E-state index contributed by atoms with van der Waals surface area (Å²) in [5, 5.41) is 12.4. The molecule has 2 aliphatic carbocycles. The van der Waals surface area contributed by atoms with Crippen LogP contribution in [-0.2, 0) is 4.79 Å². The van der Waals surface area contributed by atoms with Crippen molar-refractivity contribution in [3.8, 4) is 0 Å². The van der Waals surface area contributed by atoms with Crippen molar-refractivity contribution in [2.24, 2.45) is 17.8 Å². The van der Waals surface area contributed by atoms with Crippen LogP contribution in [0.5, 0.6) is 0 Å². The van der Waals surface area contributed by atoms with Gasteiger partial charge in [0.05, 0.1) is 0 Å². The molecule has 0 radical (unpaired) electrons. The first-order valence-corrected chi connectivity index (χ1v) is 7.70. The predicted octanol–water partition coefficient (Wildman–Crippen LogP) is 2.48. The molecule has 0 bridgehead atoms. The third-order valence-electron chi connectivity index (χ3n) is 4.82. The fourth-order valence-corrected chi connectivity index (χ4v) is 3.54. The van der Waals surface area contributed by atoms with E-state index in [0.717, 1.165) is 32.2 Å². The van der Waals surface area contributed by atoms with E-state index in [1.165, 1.54) is 32.1 Å². The third kappa shape index (κ3) is 3.71. The zero-order chi connectivity index (χ0) is 12.8. The molecule has 2 saturated carbocycles. The van der Waals surface area contributed by atoms with Crippen LogP contribution in [0.25, 0.3) is 0 Å². The van der Waals surface area contributed by atoms with Crippen LogP contribution in [0.2, 0.25) is 0 Å². The SMILES string of the molecule is O=C(NCC1CCCC1CO)C1CCCCCC1. The first-order chi connectivity index (χ1) is 8.81. The number of hydrogen-bond acceptors (Lipinski definition) is 2. The van der Waals surface area contributed by atoms with E-state index in [4.69, 9.17) is 0 Å². The van der Waals surface area contributed by atoms with Gasteiger partial charge in [-0.05, 0) is 37.5 Å². The molecule has 0 saturated heterocycles. The Bertz CT molecular complexity index is 259. The van der Waals surface area contributed by atoms with Crippen molar-refractivity contribution >= 4 is 5.91 Å². The largest absolute Gasteiger partial charge is 0.396 e. The van der Waals surface area contributed by atoms with Crippen molar-refractivity contribution in [2.75, 3.05) is 13.2 Å². The summed E-state index contributed by atoms with van der Waals surface area (Å²) in [4.78, 5) is 12.1. The summed E-state index contributed by atoms with van der Waals surface area (Å²) in [5.41, 5.74) is 0. The zero-order valence-corrected chi connectivity index (χ0v) is 11.4. The third-order valence-corrected chi connectivity index (χ3v) is 4.82.